The first-order chi connectivity index (χ1) is 12.3. The van der Waals surface area contributed by atoms with Crippen LogP contribution in [0, 0.1) is 5.92 Å². The number of amides is 2. The van der Waals surface area contributed by atoms with Crippen LogP contribution in [-0.2, 0) is 25.5 Å². The van der Waals surface area contributed by atoms with Gasteiger partial charge in [0.15, 0.2) is 0 Å². The summed E-state index contributed by atoms with van der Waals surface area (Å²) in [5.41, 5.74) is 0.926. The van der Waals surface area contributed by atoms with Crippen molar-refractivity contribution in [3.05, 3.63) is 29.8 Å². The first-order valence-corrected chi connectivity index (χ1v) is 9.14. The molecule has 6 heteroatoms. The van der Waals surface area contributed by atoms with Gasteiger partial charge < -0.3 is 15.0 Å². The average Bonchev–Trinajstić information content (AvgIpc) is 3.03. The number of rotatable bonds is 7. The van der Waals surface area contributed by atoms with Gasteiger partial charge in [0.2, 0.25) is 11.8 Å². The van der Waals surface area contributed by atoms with Crippen molar-refractivity contribution >= 4 is 23.5 Å². The normalized spacial score (nSPS) is 19.2. The van der Waals surface area contributed by atoms with Crippen molar-refractivity contribution in [2.45, 2.75) is 52.0 Å². The van der Waals surface area contributed by atoms with Crippen LogP contribution in [0.25, 0.3) is 0 Å². The zero-order valence-electron chi connectivity index (χ0n) is 16.0. The molecule has 1 aromatic rings. The van der Waals surface area contributed by atoms with Crippen LogP contribution >= 0.6 is 0 Å². The number of hydrogen-bond acceptors (Lipinski definition) is 4. The van der Waals surface area contributed by atoms with Gasteiger partial charge in [0, 0.05) is 18.7 Å². The molecule has 0 radical (unpaired) electrons. The molecule has 2 atom stereocenters. The van der Waals surface area contributed by atoms with E-state index in [4.69, 9.17) is 4.74 Å². The zero-order valence-corrected chi connectivity index (χ0v) is 16.0. The predicted molar refractivity (Wildman–Crippen MR) is 99.8 cm³/mol. The van der Waals surface area contributed by atoms with E-state index >= 15 is 0 Å². The van der Waals surface area contributed by atoms with Crippen LogP contribution in [0.4, 0.5) is 5.69 Å². The summed E-state index contributed by atoms with van der Waals surface area (Å²) in [4.78, 5) is 38.8. The molecule has 2 unspecified atom stereocenters. The zero-order chi connectivity index (χ0) is 19.3. The summed E-state index contributed by atoms with van der Waals surface area (Å²) in [7, 11) is 1.31. The molecule has 6 nitrogen and oxygen atoms in total. The molecule has 0 bridgehead atoms. The van der Waals surface area contributed by atoms with Gasteiger partial charge in [-0.3, -0.25) is 9.59 Å². The van der Waals surface area contributed by atoms with E-state index in [1.54, 1.807) is 11.8 Å². The highest BCUT2D eigenvalue weighted by Crippen LogP contribution is 2.26. The van der Waals surface area contributed by atoms with E-state index in [9.17, 15) is 14.4 Å². The minimum atomic E-state index is -1.07. The number of hydrogen-bond donors (Lipinski definition) is 1. The largest absolute Gasteiger partial charge is 0.467 e. The summed E-state index contributed by atoms with van der Waals surface area (Å²) >= 11 is 0. The second kappa shape index (κ2) is 8.34. The van der Waals surface area contributed by atoms with Crippen molar-refractivity contribution in [2.75, 3.05) is 18.6 Å². The number of methoxy groups -OCH3 is 1. The third-order valence-corrected chi connectivity index (χ3v) is 4.94. The van der Waals surface area contributed by atoms with Gasteiger partial charge in [0.25, 0.3) is 0 Å². The van der Waals surface area contributed by atoms with E-state index in [1.165, 1.54) is 12.7 Å². The third kappa shape index (κ3) is 4.23. The van der Waals surface area contributed by atoms with Gasteiger partial charge in [0.1, 0.15) is 5.54 Å². The van der Waals surface area contributed by atoms with Crippen LogP contribution < -0.4 is 10.2 Å². The minimum absolute atomic E-state index is 0.0790. The molecule has 1 heterocycles. The molecule has 1 aromatic carbocycles. The molecule has 0 aromatic heterocycles. The number of anilines is 1. The lowest BCUT2D eigenvalue weighted by Crippen LogP contribution is -2.54. The monoisotopic (exact) mass is 360 g/mol. The standard InChI is InChI=1S/C20H28N2O4/c1-5-11-20(3,19(25)26-4)21-18(24)15-12-17(23)22(13-15)16-9-7-14(6-2)8-10-16/h7-10,15H,5-6,11-13H2,1-4H3,(H,21,24). The molecule has 1 aliphatic rings. The van der Waals surface area contributed by atoms with Crippen LogP contribution in [-0.4, -0.2) is 37.0 Å². The van der Waals surface area contributed by atoms with E-state index in [0.29, 0.717) is 13.0 Å². The van der Waals surface area contributed by atoms with Crippen LogP contribution in [0.1, 0.15) is 45.6 Å². The number of benzene rings is 1. The van der Waals surface area contributed by atoms with Gasteiger partial charge in [-0.1, -0.05) is 32.4 Å². The molecule has 2 amide bonds. The summed E-state index contributed by atoms with van der Waals surface area (Å²) in [6.07, 6.45) is 2.28. The summed E-state index contributed by atoms with van der Waals surface area (Å²) in [5.74, 6) is -1.31. The number of nitrogens with zero attached hydrogens (tertiary/aromatic N) is 1. The Balaban J connectivity index is 2.08. The molecule has 142 valence electrons. The second-order valence-electron chi connectivity index (χ2n) is 6.99. The van der Waals surface area contributed by atoms with E-state index in [-0.39, 0.29) is 18.2 Å². The number of carbonyl (C=O) groups excluding carboxylic acids is 3. The molecule has 2 rings (SSSR count). The highest BCUT2D eigenvalue weighted by atomic mass is 16.5. The second-order valence-corrected chi connectivity index (χ2v) is 6.99. The molecule has 1 N–H and O–H groups in total. The first kappa shape index (κ1) is 19.9. The Morgan fingerprint density at radius 3 is 2.46 bits per heavy atom. The van der Waals surface area contributed by atoms with Crippen molar-refractivity contribution in [1.82, 2.24) is 5.32 Å². The summed E-state index contributed by atoms with van der Waals surface area (Å²) < 4.78 is 4.83. The van der Waals surface area contributed by atoms with Gasteiger partial charge in [-0.05, 0) is 37.5 Å². The van der Waals surface area contributed by atoms with Crippen LogP contribution in [0.2, 0.25) is 0 Å². The maximum Gasteiger partial charge on any atom is 0.331 e. The van der Waals surface area contributed by atoms with Crippen LogP contribution in [0.5, 0.6) is 0 Å². The van der Waals surface area contributed by atoms with Crippen molar-refractivity contribution in [3.63, 3.8) is 0 Å². The molecule has 0 aliphatic carbocycles. The number of nitrogens with one attached hydrogen (secondary N) is 1. The Morgan fingerprint density at radius 1 is 1.27 bits per heavy atom. The predicted octanol–water partition coefficient (Wildman–Crippen LogP) is 2.45. The third-order valence-electron chi connectivity index (χ3n) is 4.94. The molecule has 1 saturated heterocycles. The van der Waals surface area contributed by atoms with Gasteiger partial charge in [0.05, 0.1) is 13.0 Å². The maximum atomic E-state index is 12.7. The molecule has 1 aliphatic heterocycles. The Kier molecular flexibility index (Phi) is 6.40. The number of esters is 1. The first-order valence-electron chi connectivity index (χ1n) is 9.14. The average molecular weight is 360 g/mol. The van der Waals surface area contributed by atoms with Crippen molar-refractivity contribution in [3.8, 4) is 0 Å². The van der Waals surface area contributed by atoms with E-state index in [2.05, 4.69) is 12.2 Å². The lowest BCUT2D eigenvalue weighted by Gasteiger charge is -2.28. The fourth-order valence-electron chi connectivity index (χ4n) is 3.36. The number of aryl methyl sites for hydroxylation is 1. The molecule has 0 saturated carbocycles. The minimum Gasteiger partial charge on any atom is -0.467 e. The molecule has 0 spiro atoms. The van der Waals surface area contributed by atoms with Crippen LogP contribution in [0.15, 0.2) is 24.3 Å². The Morgan fingerprint density at radius 2 is 1.92 bits per heavy atom. The summed E-state index contributed by atoms with van der Waals surface area (Å²) in [5, 5.41) is 2.81. The van der Waals surface area contributed by atoms with Crippen molar-refractivity contribution in [2.24, 2.45) is 5.92 Å². The fraction of sp³-hybridized carbons (Fsp3) is 0.550. The topological polar surface area (TPSA) is 75.7 Å². The van der Waals surface area contributed by atoms with Crippen LogP contribution in [0.3, 0.4) is 0 Å². The van der Waals surface area contributed by atoms with Gasteiger partial charge in [-0.15, -0.1) is 0 Å². The number of ether oxygens (including phenoxy) is 1. The van der Waals surface area contributed by atoms with Gasteiger partial charge >= 0.3 is 5.97 Å². The molecule has 26 heavy (non-hydrogen) atoms. The SMILES string of the molecule is CCCC(C)(NC(=O)C1CC(=O)N(c2ccc(CC)cc2)C1)C(=O)OC. The van der Waals surface area contributed by atoms with E-state index in [1.807, 2.05) is 31.2 Å². The van der Waals surface area contributed by atoms with Gasteiger partial charge in [-0.25, -0.2) is 4.79 Å². The highest BCUT2D eigenvalue weighted by Gasteiger charge is 2.40. The van der Waals surface area contributed by atoms with E-state index < -0.39 is 17.4 Å². The highest BCUT2D eigenvalue weighted by molar-refractivity contribution is 6.01. The molecular formula is C20H28N2O4. The Hall–Kier alpha value is -2.37. The quantitative estimate of drug-likeness (QED) is 0.758. The Bertz CT molecular complexity index is 671. The lowest BCUT2D eigenvalue weighted by atomic mass is 9.94. The van der Waals surface area contributed by atoms with Gasteiger partial charge in [-0.2, -0.15) is 0 Å². The summed E-state index contributed by atoms with van der Waals surface area (Å²) in [6.45, 7) is 6.00. The number of carbonyl (C=O) groups is 3. The van der Waals surface area contributed by atoms with E-state index in [0.717, 1.165) is 18.5 Å². The van der Waals surface area contributed by atoms with Crippen molar-refractivity contribution in [1.29, 1.82) is 0 Å². The molecule has 1 fully saturated rings. The Labute approximate surface area is 154 Å². The smallest absolute Gasteiger partial charge is 0.331 e. The molecular weight excluding hydrogens is 332 g/mol. The fourth-order valence-corrected chi connectivity index (χ4v) is 3.36. The maximum absolute atomic E-state index is 12.7. The van der Waals surface area contributed by atoms with Crippen molar-refractivity contribution < 1.29 is 19.1 Å². The lowest BCUT2D eigenvalue weighted by molar-refractivity contribution is -0.151. The summed E-state index contributed by atoms with van der Waals surface area (Å²) in [6, 6.07) is 7.80.